The number of hydrogen-bond donors (Lipinski definition) is 1. The van der Waals surface area contributed by atoms with Crippen molar-refractivity contribution in [2.24, 2.45) is 5.92 Å². The third kappa shape index (κ3) is 5.43. The van der Waals surface area contributed by atoms with Gasteiger partial charge in [0.1, 0.15) is 24.3 Å². The second-order valence-corrected chi connectivity index (χ2v) is 7.17. The van der Waals surface area contributed by atoms with Gasteiger partial charge >= 0.3 is 0 Å². The van der Waals surface area contributed by atoms with E-state index in [4.69, 9.17) is 4.74 Å². The number of rotatable bonds is 7. The molecule has 0 amide bonds. The lowest BCUT2D eigenvalue weighted by Gasteiger charge is -2.34. The second kappa shape index (κ2) is 8.79. The summed E-state index contributed by atoms with van der Waals surface area (Å²) in [6.45, 7) is 6.83. The van der Waals surface area contributed by atoms with Gasteiger partial charge in [0.2, 0.25) is 0 Å². The number of hydrogen-bond acceptors (Lipinski definition) is 4. The first kappa shape index (κ1) is 17.6. The van der Waals surface area contributed by atoms with Gasteiger partial charge in [-0.2, -0.15) is 0 Å². The maximum atomic E-state index is 12.8. The highest BCUT2D eigenvalue weighted by Gasteiger charge is 2.24. The molecule has 24 heavy (non-hydrogen) atoms. The minimum absolute atomic E-state index is 0.249. The number of likely N-dealkylation sites (tertiary alicyclic amines) is 2. The first-order chi connectivity index (χ1) is 11.7. The zero-order valence-electron chi connectivity index (χ0n) is 14.4. The van der Waals surface area contributed by atoms with E-state index < -0.39 is 6.10 Å². The van der Waals surface area contributed by atoms with E-state index in [1.54, 1.807) is 12.1 Å². The fraction of sp³-hybridized carbons (Fsp3) is 0.684. The maximum Gasteiger partial charge on any atom is 0.123 e. The van der Waals surface area contributed by atoms with Crippen molar-refractivity contribution in [2.45, 2.75) is 31.8 Å². The molecule has 0 radical (unpaired) electrons. The van der Waals surface area contributed by atoms with E-state index >= 15 is 0 Å². The summed E-state index contributed by atoms with van der Waals surface area (Å²) >= 11 is 0. The average Bonchev–Trinajstić information content (AvgIpc) is 3.09. The lowest BCUT2D eigenvalue weighted by molar-refractivity contribution is 0.0521. The van der Waals surface area contributed by atoms with Crippen LogP contribution in [0.25, 0.3) is 0 Å². The van der Waals surface area contributed by atoms with Gasteiger partial charge in [-0.15, -0.1) is 0 Å². The van der Waals surface area contributed by atoms with E-state index in [0.717, 1.165) is 19.0 Å². The molecule has 1 aromatic carbocycles. The van der Waals surface area contributed by atoms with Crippen LogP contribution in [0, 0.1) is 11.7 Å². The topological polar surface area (TPSA) is 35.9 Å². The van der Waals surface area contributed by atoms with Crippen LogP contribution in [-0.2, 0) is 0 Å². The Hall–Kier alpha value is -1.17. The molecule has 2 heterocycles. The van der Waals surface area contributed by atoms with Crippen LogP contribution in [0.4, 0.5) is 4.39 Å². The Morgan fingerprint density at radius 2 is 1.71 bits per heavy atom. The molecule has 0 saturated carbocycles. The third-order valence-corrected chi connectivity index (χ3v) is 5.15. The Morgan fingerprint density at radius 3 is 2.38 bits per heavy atom. The zero-order chi connectivity index (χ0) is 16.8. The van der Waals surface area contributed by atoms with Crippen molar-refractivity contribution >= 4 is 0 Å². The van der Waals surface area contributed by atoms with Gasteiger partial charge in [-0.25, -0.2) is 4.39 Å². The monoisotopic (exact) mass is 336 g/mol. The van der Waals surface area contributed by atoms with E-state index in [1.165, 1.54) is 57.5 Å². The molecule has 2 aliphatic rings. The van der Waals surface area contributed by atoms with Crippen molar-refractivity contribution < 1.29 is 14.2 Å². The number of aliphatic hydroxyl groups is 1. The van der Waals surface area contributed by atoms with Gasteiger partial charge in [0, 0.05) is 13.1 Å². The molecule has 0 spiro atoms. The largest absolute Gasteiger partial charge is 0.491 e. The lowest BCUT2D eigenvalue weighted by Crippen LogP contribution is -2.42. The summed E-state index contributed by atoms with van der Waals surface area (Å²) in [5, 5.41) is 10.2. The molecule has 0 unspecified atom stereocenters. The molecule has 134 valence electrons. The molecule has 1 aromatic rings. The summed E-state index contributed by atoms with van der Waals surface area (Å²) in [7, 11) is 0. The molecule has 0 aliphatic carbocycles. The zero-order valence-corrected chi connectivity index (χ0v) is 14.4. The van der Waals surface area contributed by atoms with Gasteiger partial charge < -0.3 is 19.6 Å². The van der Waals surface area contributed by atoms with E-state index in [0.29, 0.717) is 12.3 Å². The summed E-state index contributed by atoms with van der Waals surface area (Å²) in [4.78, 5) is 4.94. The summed E-state index contributed by atoms with van der Waals surface area (Å²) in [5.74, 6) is 1.13. The van der Waals surface area contributed by atoms with Crippen LogP contribution < -0.4 is 4.74 Å². The molecule has 2 saturated heterocycles. The summed E-state index contributed by atoms with van der Waals surface area (Å²) in [5.41, 5.74) is 0. The van der Waals surface area contributed by atoms with Crippen LogP contribution >= 0.6 is 0 Å². The average molecular weight is 336 g/mol. The number of halogens is 1. The van der Waals surface area contributed by atoms with Crippen LogP contribution in [0.5, 0.6) is 5.75 Å². The Kier molecular flexibility index (Phi) is 6.46. The molecular weight excluding hydrogens is 307 g/mol. The van der Waals surface area contributed by atoms with E-state index in [2.05, 4.69) is 9.80 Å². The van der Waals surface area contributed by atoms with Crippen LogP contribution in [0.15, 0.2) is 24.3 Å². The van der Waals surface area contributed by atoms with Crippen LogP contribution in [0.3, 0.4) is 0 Å². The van der Waals surface area contributed by atoms with Crippen molar-refractivity contribution in [1.29, 1.82) is 0 Å². The molecule has 1 N–H and O–H groups in total. The number of piperidine rings is 1. The smallest absolute Gasteiger partial charge is 0.123 e. The van der Waals surface area contributed by atoms with Gasteiger partial charge in [0.05, 0.1) is 0 Å². The quantitative estimate of drug-likeness (QED) is 0.829. The minimum atomic E-state index is -0.509. The second-order valence-electron chi connectivity index (χ2n) is 7.17. The third-order valence-electron chi connectivity index (χ3n) is 5.15. The number of nitrogens with zero attached hydrogens (tertiary/aromatic N) is 2. The van der Waals surface area contributed by atoms with Gasteiger partial charge in [0.15, 0.2) is 0 Å². The molecular formula is C19H29FN2O2. The highest BCUT2D eigenvalue weighted by atomic mass is 19.1. The molecule has 0 aromatic heterocycles. The predicted octanol–water partition coefficient (Wildman–Crippen LogP) is 2.37. The summed E-state index contributed by atoms with van der Waals surface area (Å²) < 4.78 is 18.4. The molecule has 5 heteroatoms. The number of ether oxygens (including phenoxy) is 1. The van der Waals surface area contributed by atoms with Crippen molar-refractivity contribution in [1.82, 2.24) is 9.80 Å². The minimum Gasteiger partial charge on any atom is -0.491 e. The van der Waals surface area contributed by atoms with Crippen molar-refractivity contribution in [3.63, 3.8) is 0 Å². The maximum absolute atomic E-state index is 12.8. The highest BCUT2D eigenvalue weighted by Crippen LogP contribution is 2.21. The SMILES string of the molecule is O[C@@H](COc1ccc(F)cc1)CN1CCC(CN2CCCC2)CC1. The number of aliphatic hydroxyl groups excluding tert-OH is 1. The number of β-amino-alcohol motifs (C(OH)–C–C–N with tert-alkyl or cyclic N) is 1. The van der Waals surface area contributed by atoms with Gasteiger partial charge in [-0.05, 0) is 82.0 Å². The van der Waals surface area contributed by atoms with Gasteiger partial charge in [-0.3, -0.25) is 0 Å². The molecule has 4 nitrogen and oxygen atoms in total. The molecule has 0 bridgehead atoms. The fourth-order valence-corrected chi connectivity index (χ4v) is 3.76. The van der Waals surface area contributed by atoms with E-state index in [9.17, 15) is 9.50 Å². The molecule has 3 rings (SSSR count). The Labute approximate surface area is 144 Å². The van der Waals surface area contributed by atoms with Crippen molar-refractivity contribution in [2.75, 3.05) is 45.9 Å². The first-order valence-corrected chi connectivity index (χ1v) is 9.20. The fourth-order valence-electron chi connectivity index (χ4n) is 3.76. The van der Waals surface area contributed by atoms with Gasteiger partial charge in [0.25, 0.3) is 0 Å². The van der Waals surface area contributed by atoms with Gasteiger partial charge in [-0.1, -0.05) is 0 Å². The normalized spacial score (nSPS) is 21.9. The highest BCUT2D eigenvalue weighted by molar-refractivity contribution is 5.22. The lowest BCUT2D eigenvalue weighted by atomic mass is 9.96. The summed E-state index contributed by atoms with van der Waals surface area (Å²) in [6, 6.07) is 5.91. The van der Waals surface area contributed by atoms with E-state index in [-0.39, 0.29) is 12.4 Å². The Morgan fingerprint density at radius 1 is 1.04 bits per heavy atom. The standard InChI is InChI=1S/C19H29FN2O2/c20-17-3-5-19(6-4-17)24-15-18(23)14-22-11-7-16(8-12-22)13-21-9-1-2-10-21/h3-6,16,18,23H,1-2,7-15H2/t18-/m1/s1. The van der Waals surface area contributed by atoms with Crippen molar-refractivity contribution in [3.05, 3.63) is 30.1 Å². The van der Waals surface area contributed by atoms with E-state index in [1.807, 2.05) is 0 Å². The molecule has 2 aliphatic heterocycles. The molecule has 1 atom stereocenters. The van der Waals surface area contributed by atoms with Crippen molar-refractivity contribution in [3.8, 4) is 5.75 Å². The summed E-state index contributed by atoms with van der Waals surface area (Å²) in [6.07, 6.45) is 4.66. The Balaban J connectivity index is 1.32. The van der Waals surface area contributed by atoms with Crippen LogP contribution in [0.2, 0.25) is 0 Å². The van der Waals surface area contributed by atoms with Crippen LogP contribution in [-0.4, -0.2) is 66.9 Å². The molecule has 2 fully saturated rings. The first-order valence-electron chi connectivity index (χ1n) is 9.20. The number of benzene rings is 1. The Bertz CT molecular complexity index is 483. The van der Waals surface area contributed by atoms with Crippen LogP contribution in [0.1, 0.15) is 25.7 Å². The predicted molar refractivity (Wildman–Crippen MR) is 92.7 cm³/mol.